The first-order chi connectivity index (χ1) is 9.47. The van der Waals surface area contributed by atoms with Crippen molar-refractivity contribution in [2.24, 2.45) is 5.73 Å². The van der Waals surface area contributed by atoms with Crippen LogP contribution in [0.1, 0.15) is 22.4 Å². The summed E-state index contributed by atoms with van der Waals surface area (Å²) in [7, 11) is 0. The van der Waals surface area contributed by atoms with Gasteiger partial charge in [0.1, 0.15) is 22.3 Å². The average molecular weight is 290 g/mol. The van der Waals surface area contributed by atoms with Crippen LogP contribution in [0.3, 0.4) is 0 Å². The zero-order valence-corrected chi connectivity index (χ0v) is 12.1. The molecular weight excluding hydrogens is 275 g/mol. The fourth-order valence-corrected chi connectivity index (χ4v) is 1.98. The second-order valence-corrected chi connectivity index (χ2v) is 4.99. The molecule has 4 nitrogen and oxygen atoms in total. The highest BCUT2D eigenvalue weighted by atomic mass is 32.1. The molecule has 0 radical (unpaired) electrons. The number of hydrogen-bond acceptors (Lipinski definition) is 4. The van der Waals surface area contributed by atoms with E-state index in [1.807, 2.05) is 12.1 Å². The van der Waals surface area contributed by atoms with Crippen LogP contribution in [0.4, 0.5) is 10.2 Å². The Hall–Kier alpha value is -2.08. The summed E-state index contributed by atoms with van der Waals surface area (Å²) in [5, 5.41) is 3.12. The Labute approximate surface area is 122 Å². The van der Waals surface area contributed by atoms with Gasteiger partial charge < -0.3 is 11.1 Å². The van der Waals surface area contributed by atoms with Crippen molar-refractivity contribution in [3.05, 3.63) is 52.7 Å². The first-order valence-electron chi connectivity index (χ1n) is 6.08. The summed E-state index contributed by atoms with van der Waals surface area (Å²) in [6, 6.07) is 3.62. The van der Waals surface area contributed by atoms with Gasteiger partial charge in [0.25, 0.3) is 0 Å². The molecule has 0 amide bonds. The number of benzene rings is 1. The SMILES string of the molecule is Cc1cc(CNc2cnc(C(N)=S)cn2)cc(C)c1F. The van der Waals surface area contributed by atoms with Crippen LogP contribution >= 0.6 is 12.2 Å². The smallest absolute Gasteiger partial charge is 0.144 e. The maximum absolute atomic E-state index is 13.5. The normalized spacial score (nSPS) is 10.3. The molecule has 0 saturated heterocycles. The van der Waals surface area contributed by atoms with Crippen molar-refractivity contribution in [2.75, 3.05) is 5.32 Å². The van der Waals surface area contributed by atoms with Crippen molar-refractivity contribution >= 4 is 23.0 Å². The Balaban J connectivity index is 2.07. The van der Waals surface area contributed by atoms with Crippen LogP contribution in [-0.4, -0.2) is 15.0 Å². The highest BCUT2D eigenvalue weighted by molar-refractivity contribution is 7.80. The molecule has 0 unspecified atom stereocenters. The number of aromatic nitrogens is 2. The van der Waals surface area contributed by atoms with Gasteiger partial charge >= 0.3 is 0 Å². The molecule has 6 heteroatoms. The largest absolute Gasteiger partial charge is 0.388 e. The maximum atomic E-state index is 13.5. The van der Waals surface area contributed by atoms with Crippen LogP contribution in [0.25, 0.3) is 0 Å². The van der Waals surface area contributed by atoms with E-state index >= 15 is 0 Å². The van der Waals surface area contributed by atoms with E-state index in [1.54, 1.807) is 20.0 Å². The van der Waals surface area contributed by atoms with Crippen molar-refractivity contribution in [1.29, 1.82) is 0 Å². The zero-order valence-electron chi connectivity index (χ0n) is 11.3. The lowest BCUT2D eigenvalue weighted by Crippen LogP contribution is -2.12. The van der Waals surface area contributed by atoms with Crippen molar-refractivity contribution in [2.45, 2.75) is 20.4 Å². The number of aryl methyl sites for hydroxylation is 2. The van der Waals surface area contributed by atoms with Gasteiger partial charge in [0.05, 0.1) is 12.4 Å². The molecule has 0 atom stereocenters. The van der Waals surface area contributed by atoms with Crippen LogP contribution in [0.5, 0.6) is 0 Å². The van der Waals surface area contributed by atoms with Crippen molar-refractivity contribution in [1.82, 2.24) is 9.97 Å². The van der Waals surface area contributed by atoms with Gasteiger partial charge in [0, 0.05) is 6.54 Å². The van der Waals surface area contributed by atoms with Gasteiger partial charge in [0.15, 0.2) is 0 Å². The third-order valence-electron chi connectivity index (χ3n) is 2.87. The molecular formula is C14H15FN4S. The number of nitrogens with two attached hydrogens (primary N) is 1. The van der Waals surface area contributed by atoms with E-state index < -0.39 is 0 Å². The van der Waals surface area contributed by atoms with Crippen LogP contribution < -0.4 is 11.1 Å². The molecule has 1 aromatic heterocycles. The van der Waals surface area contributed by atoms with E-state index in [9.17, 15) is 4.39 Å². The fourth-order valence-electron chi connectivity index (χ4n) is 1.88. The molecule has 0 aliphatic carbocycles. The molecule has 20 heavy (non-hydrogen) atoms. The second kappa shape index (κ2) is 5.92. The highest BCUT2D eigenvalue weighted by Crippen LogP contribution is 2.15. The van der Waals surface area contributed by atoms with Crippen LogP contribution in [0.2, 0.25) is 0 Å². The minimum absolute atomic E-state index is 0.158. The highest BCUT2D eigenvalue weighted by Gasteiger charge is 2.05. The van der Waals surface area contributed by atoms with E-state index in [1.165, 1.54) is 6.20 Å². The predicted octanol–water partition coefficient (Wildman–Crippen LogP) is 2.48. The summed E-state index contributed by atoms with van der Waals surface area (Å²) >= 11 is 4.81. The first kappa shape index (κ1) is 14.3. The lowest BCUT2D eigenvalue weighted by molar-refractivity contribution is 0.608. The predicted molar refractivity (Wildman–Crippen MR) is 81.1 cm³/mol. The monoisotopic (exact) mass is 290 g/mol. The van der Waals surface area contributed by atoms with Crippen molar-refractivity contribution in [3.8, 4) is 0 Å². The molecule has 2 rings (SSSR count). The van der Waals surface area contributed by atoms with Crippen LogP contribution in [-0.2, 0) is 6.54 Å². The number of nitrogens with one attached hydrogen (secondary N) is 1. The molecule has 3 N–H and O–H groups in total. The number of nitrogens with zero attached hydrogens (tertiary/aromatic N) is 2. The van der Waals surface area contributed by atoms with E-state index in [-0.39, 0.29) is 10.8 Å². The Kier molecular flexibility index (Phi) is 4.24. The van der Waals surface area contributed by atoms with Crippen LogP contribution in [0.15, 0.2) is 24.5 Å². The Bertz CT molecular complexity index is 617. The number of thiocarbonyl (C=S) groups is 1. The van der Waals surface area contributed by atoms with E-state index in [0.717, 1.165) is 5.56 Å². The number of hydrogen-bond donors (Lipinski definition) is 2. The molecule has 0 bridgehead atoms. The first-order valence-corrected chi connectivity index (χ1v) is 6.49. The summed E-state index contributed by atoms with van der Waals surface area (Å²) in [5.74, 6) is 0.457. The Morgan fingerprint density at radius 2 is 1.90 bits per heavy atom. The van der Waals surface area contributed by atoms with Crippen molar-refractivity contribution < 1.29 is 4.39 Å². The lowest BCUT2D eigenvalue weighted by atomic mass is 10.1. The molecule has 0 aliphatic heterocycles. The van der Waals surface area contributed by atoms with Gasteiger partial charge in [-0.2, -0.15) is 0 Å². The number of rotatable bonds is 4. The van der Waals surface area contributed by atoms with Gasteiger partial charge in [-0.3, -0.25) is 0 Å². The quantitative estimate of drug-likeness (QED) is 0.847. The maximum Gasteiger partial charge on any atom is 0.144 e. The van der Waals surface area contributed by atoms with E-state index in [0.29, 0.717) is 29.2 Å². The molecule has 104 valence electrons. The summed E-state index contributed by atoms with van der Waals surface area (Å²) in [5.41, 5.74) is 8.19. The molecule has 2 aromatic rings. The van der Waals surface area contributed by atoms with Gasteiger partial charge in [-0.1, -0.05) is 24.4 Å². The van der Waals surface area contributed by atoms with E-state index in [2.05, 4.69) is 15.3 Å². The topological polar surface area (TPSA) is 63.8 Å². The second-order valence-electron chi connectivity index (χ2n) is 4.55. The average Bonchev–Trinajstić information content (AvgIpc) is 2.42. The minimum atomic E-state index is -0.158. The summed E-state index contributed by atoms with van der Waals surface area (Å²) in [4.78, 5) is 8.47. The Morgan fingerprint density at radius 3 is 2.40 bits per heavy atom. The van der Waals surface area contributed by atoms with E-state index in [4.69, 9.17) is 18.0 Å². The van der Waals surface area contributed by atoms with Gasteiger partial charge in [-0.05, 0) is 30.5 Å². The third-order valence-corrected chi connectivity index (χ3v) is 3.08. The number of anilines is 1. The molecule has 0 fully saturated rings. The Morgan fingerprint density at radius 1 is 1.25 bits per heavy atom. The summed E-state index contributed by atoms with van der Waals surface area (Å²) in [6.45, 7) is 4.05. The molecule has 0 saturated carbocycles. The molecule has 1 aromatic carbocycles. The molecule has 1 heterocycles. The third kappa shape index (κ3) is 3.27. The number of halogens is 1. The van der Waals surface area contributed by atoms with Crippen LogP contribution in [0, 0.1) is 19.7 Å². The minimum Gasteiger partial charge on any atom is -0.388 e. The zero-order chi connectivity index (χ0) is 14.7. The summed E-state index contributed by atoms with van der Waals surface area (Å²) < 4.78 is 13.5. The van der Waals surface area contributed by atoms with Gasteiger partial charge in [-0.25, -0.2) is 14.4 Å². The van der Waals surface area contributed by atoms with Gasteiger partial charge in [0.2, 0.25) is 0 Å². The fraction of sp³-hybridized carbons (Fsp3) is 0.214. The van der Waals surface area contributed by atoms with Gasteiger partial charge in [-0.15, -0.1) is 0 Å². The van der Waals surface area contributed by atoms with Crippen molar-refractivity contribution in [3.63, 3.8) is 0 Å². The standard InChI is InChI=1S/C14H15FN4S/c1-8-3-10(4-9(2)13(8)15)5-18-12-7-17-11(6-19-12)14(16)20/h3-4,6-7H,5H2,1-2H3,(H2,16,20)(H,18,19). The summed E-state index contributed by atoms with van der Waals surface area (Å²) in [6.07, 6.45) is 3.09. The lowest BCUT2D eigenvalue weighted by Gasteiger charge is -2.09. The molecule has 0 spiro atoms. The molecule has 0 aliphatic rings.